The van der Waals surface area contributed by atoms with E-state index in [9.17, 15) is 0 Å². The molecule has 0 aromatic rings. The predicted molar refractivity (Wildman–Crippen MR) is 64.1 cm³/mol. The Morgan fingerprint density at radius 1 is 1.31 bits per heavy atom. The molecule has 4 aliphatic rings. The quantitative estimate of drug-likeness (QED) is 0.565. The summed E-state index contributed by atoms with van der Waals surface area (Å²) in [7, 11) is 0. The van der Waals surface area contributed by atoms with E-state index in [4.69, 9.17) is 4.74 Å². The van der Waals surface area contributed by atoms with Gasteiger partial charge in [0, 0.05) is 11.8 Å². The second-order valence-electron chi connectivity index (χ2n) is 7.30. The molecule has 16 heavy (non-hydrogen) atoms. The van der Waals surface area contributed by atoms with Gasteiger partial charge in [-0.3, -0.25) is 0 Å². The third-order valence-electron chi connectivity index (χ3n) is 6.48. The fourth-order valence-electron chi connectivity index (χ4n) is 5.93. The van der Waals surface area contributed by atoms with Gasteiger partial charge in [0.1, 0.15) is 0 Å². The number of allylic oxidation sites excluding steroid dienone is 1. The van der Waals surface area contributed by atoms with Crippen molar-refractivity contribution in [3.8, 4) is 0 Å². The molecule has 1 saturated heterocycles. The highest BCUT2D eigenvalue weighted by molar-refractivity contribution is 5.41. The summed E-state index contributed by atoms with van der Waals surface area (Å²) in [5.74, 6) is 2.41. The lowest BCUT2D eigenvalue weighted by Crippen LogP contribution is -2.64. The molecule has 88 valence electrons. The van der Waals surface area contributed by atoms with Crippen molar-refractivity contribution in [2.45, 2.75) is 58.2 Å². The normalized spacial score (nSPS) is 60.2. The Kier molecular flexibility index (Phi) is 1.39. The monoisotopic (exact) mass is 218 g/mol. The van der Waals surface area contributed by atoms with Crippen LogP contribution in [-0.4, -0.2) is 11.2 Å². The van der Waals surface area contributed by atoms with E-state index < -0.39 is 0 Å². The molecule has 1 spiro atoms. The highest BCUT2D eigenvalue weighted by Gasteiger charge is 2.80. The molecule has 0 bridgehead atoms. The van der Waals surface area contributed by atoms with Crippen LogP contribution in [-0.2, 0) is 4.74 Å². The SMILES string of the molecule is CC1=CCC2C3(C)CCC4C3C12OC4(C)C. The Labute approximate surface area is 98.2 Å². The van der Waals surface area contributed by atoms with Gasteiger partial charge in [0.15, 0.2) is 0 Å². The molecular formula is C15H22O. The van der Waals surface area contributed by atoms with Crippen LogP contribution in [0.25, 0.3) is 0 Å². The van der Waals surface area contributed by atoms with Crippen LogP contribution in [0.1, 0.15) is 47.0 Å². The maximum atomic E-state index is 6.60. The Morgan fingerprint density at radius 2 is 2.06 bits per heavy atom. The zero-order valence-corrected chi connectivity index (χ0v) is 10.8. The highest BCUT2D eigenvalue weighted by atomic mass is 16.5. The minimum absolute atomic E-state index is 0.108. The van der Waals surface area contributed by atoms with Crippen molar-refractivity contribution < 1.29 is 4.74 Å². The van der Waals surface area contributed by atoms with Crippen LogP contribution in [0.2, 0.25) is 0 Å². The van der Waals surface area contributed by atoms with Crippen molar-refractivity contribution >= 4 is 0 Å². The number of hydrogen-bond acceptors (Lipinski definition) is 1. The summed E-state index contributed by atoms with van der Waals surface area (Å²) < 4.78 is 6.60. The molecule has 3 aliphatic carbocycles. The first-order chi connectivity index (χ1) is 7.43. The van der Waals surface area contributed by atoms with Gasteiger partial charge in [-0.1, -0.05) is 13.0 Å². The molecule has 0 aromatic carbocycles. The second-order valence-corrected chi connectivity index (χ2v) is 7.30. The zero-order chi connectivity index (χ0) is 11.3. The Hall–Kier alpha value is -0.300. The van der Waals surface area contributed by atoms with Gasteiger partial charge in [-0.25, -0.2) is 0 Å². The van der Waals surface area contributed by atoms with Crippen molar-refractivity contribution in [2.75, 3.05) is 0 Å². The molecule has 5 atom stereocenters. The molecule has 1 heterocycles. The topological polar surface area (TPSA) is 9.23 Å². The molecular weight excluding hydrogens is 196 g/mol. The van der Waals surface area contributed by atoms with Crippen LogP contribution in [0, 0.1) is 23.2 Å². The van der Waals surface area contributed by atoms with E-state index in [-0.39, 0.29) is 11.2 Å². The largest absolute Gasteiger partial charge is 0.364 e. The lowest BCUT2D eigenvalue weighted by atomic mass is 9.45. The summed E-state index contributed by atoms with van der Waals surface area (Å²) in [6.07, 6.45) is 6.54. The van der Waals surface area contributed by atoms with Crippen molar-refractivity contribution in [1.82, 2.24) is 0 Å². The fraction of sp³-hybridized carbons (Fsp3) is 0.867. The van der Waals surface area contributed by atoms with Gasteiger partial charge in [0.25, 0.3) is 0 Å². The summed E-state index contributed by atoms with van der Waals surface area (Å²) in [6.45, 7) is 9.46. The summed E-state index contributed by atoms with van der Waals surface area (Å²) in [6, 6.07) is 0. The average Bonchev–Trinajstić information content (AvgIpc) is 2.71. The Bertz CT molecular complexity index is 408. The molecule has 5 unspecified atom stereocenters. The summed E-state index contributed by atoms with van der Waals surface area (Å²) in [5.41, 5.74) is 2.40. The van der Waals surface area contributed by atoms with Crippen LogP contribution in [0.3, 0.4) is 0 Å². The minimum atomic E-state index is 0.108. The van der Waals surface area contributed by atoms with Crippen LogP contribution in [0.5, 0.6) is 0 Å². The first kappa shape index (κ1) is 9.70. The number of fused-ring (bicyclic) bond motifs is 1. The predicted octanol–water partition coefficient (Wildman–Crippen LogP) is 3.55. The Balaban J connectivity index is 1.91. The van der Waals surface area contributed by atoms with Crippen molar-refractivity contribution in [1.29, 1.82) is 0 Å². The van der Waals surface area contributed by atoms with Gasteiger partial charge in [-0.15, -0.1) is 0 Å². The van der Waals surface area contributed by atoms with Gasteiger partial charge in [-0.05, 0) is 56.9 Å². The van der Waals surface area contributed by atoms with E-state index in [0.29, 0.717) is 5.41 Å². The molecule has 3 fully saturated rings. The number of hydrogen-bond donors (Lipinski definition) is 0. The van der Waals surface area contributed by atoms with E-state index >= 15 is 0 Å². The third kappa shape index (κ3) is 0.687. The molecule has 0 radical (unpaired) electrons. The molecule has 1 aliphatic heterocycles. The molecule has 1 heteroatoms. The zero-order valence-electron chi connectivity index (χ0n) is 10.8. The van der Waals surface area contributed by atoms with Crippen molar-refractivity contribution in [2.24, 2.45) is 23.2 Å². The van der Waals surface area contributed by atoms with E-state index in [2.05, 4.69) is 33.8 Å². The molecule has 4 rings (SSSR count). The van der Waals surface area contributed by atoms with Gasteiger partial charge in [-0.2, -0.15) is 0 Å². The summed E-state index contributed by atoms with van der Waals surface area (Å²) in [4.78, 5) is 0. The summed E-state index contributed by atoms with van der Waals surface area (Å²) >= 11 is 0. The van der Waals surface area contributed by atoms with Crippen LogP contribution in [0.4, 0.5) is 0 Å². The van der Waals surface area contributed by atoms with E-state index in [1.807, 2.05) is 0 Å². The molecule has 1 nitrogen and oxygen atoms in total. The lowest BCUT2D eigenvalue weighted by molar-refractivity contribution is -0.212. The maximum absolute atomic E-state index is 6.60. The highest BCUT2D eigenvalue weighted by Crippen LogP contribution is 2.79. The van der Waals surface area contributed by atoms with E-state index in [0.717, 1.165) is 17.8 Å². The Morgan fingerprint density at radius 3 is 2.81 bits per heavy atom. The van der Waals surface area contributed by atoms with Crippen molar-refractivity contribution in [3.63, 3.8) is 0 Å². The van der Waals surface area contributed by atoms with Crippen LogP contribution >= 0.6 is 0 Å². The lowest BCUT2D eigenvalue weighted by Gasteiger charge is -2.61. The average molecular weight is 218 g/mol. The minimum Gasteiger partial charge on any atom is -0.364 e. The summed E-state index contributed by atoms with van der Waals surface area (Å²) in [5, 5.41) is 0. The van der Waals surface area contributed by atoms with Gasteiger partial charge in [0.05, 0.1) is 11.2 Å². The molecule has 0 N–H and O–H groups in total. The smallest absolute Gasteiger partial charge is 0.0969 e. The first-order valence-corrected chi connectivity index (χ1v) is 6.80. The number of rotatable bonds is 0. The maximum Gasteiger partial charge on any atom is 0.0969 e. The van der Waals surface area contributed by atoms with Gasteiger partial charge < -0.3 is 4.74 Å². The van der Waals surface area contributed by atoms with Crippen molar-refractivity contribution in [3.05, 3.63) is 11.6 Å². The molecule has 0 aromatic heterocycles. The van der Waals surface area contributed by atoms with Gasteiger partial charge >= 0.3 is 0 Å². The molecule has 0 amide bonds. The van der Waals surface area contributed by atoms with Crippen LogP contribution in [0.15, 0.2) is 11.6 Å². The molecule has 2 saturated carbocycles. The third-order valence-corrected chi connectivity index (χ3v) is 6.48. The first-order valence-electron chi connectivity index (χ1n) is 6.80. The van der Waals surface area contributed by atoms with Gasteiger partial charge in [0.2, 0.25) is 0 Å². The van der Waals surface area contributed by atoms with E-state index in [1.54, 1.807) is 0 Å². The second kappa shape index (κ2) is 2.29. The van der Waals surface area contributed by atoms with E-state index in [1.165, 1.54) is 24.8 Å². The number of ether oxygens (including phenoxy) is 1. The van der Waals surface area contributed by atoms with Crippen LogP contribution < -0.4 is 0 Å². The fourth-order valence-corrected chi connectivity index (χ4v) is 5.93. The standard InChI is InChI=1S/C15H22O/c1-9-5-6-11-14(4)8-7-10-12(14)15(9,11)16-13(10,2)3/h5,10-12H,6-8H2,1-4H3.